The van der Waals surface area contributed by atoms with Gasteiger partial charge in [0.1, 0.15) is 51.4 Å². The number of benzene rings is 1. The third-order valence-electron chi connectivity index (χ3n) is 11.5. The fourth-order valence-corrected chi connectivity index (χ4v) is 9.52. The lowest BCUT2D eigenvalue weighted by atomic mass is 9.85. The van der Waals surface area contributed by atoms with E-state index in [0.29, 0.717) is 67.9 Å². The second kappa shape index (κ2) is 15.2. The average Bonchev–Trinajstić information content (AvgIpc) is 3.86. The summed E-state index contributed by atoms with van der Waals surface area (Å²) in [5.41, 5.74) is -0.706. The van der Waals surface area contributed by atoms with Gasteiger partial charge in [-0.25, -0.2) is 19.6 Å². The molecule has 7 rings (SSSR count). The van der Waals surface area contributed by atoms with Gasteiger partial charge in [-0.1, -0.05) is 57.1 Å². The molecule has 4 aliphatic rings. The predicted molar refractivity (Wildman–Crippen MR) is 212 cm³/mol. The molecule has 56 heavy (non-hydrogen) atoms. The highest BCUT2D eigenvalue weighted by molar-refractivity contribution is 7.20. The van der Waals surface area contributed by atoms with Crippen LogP contribution in [0.3, 0.4) is 0 Å². The average molecular weight is 811 g/mol. The first kappa shape index (κ1) is 39.8. The Labute approximate surface area is 335 Å². The minimum Gasteiger partial charge on any atom is -0.497 e. The van der Waals surface area contributed by atoms with Crippen molar-refractivity contribution in [2.24, 2.45) is 23.2 Å². The van der Waals surface area contributed by atoms with Crippen molar-refractivity contribution >= 4 is 62.8 Å². The van der Waals surface area contributed by atoms with Crippen molar-refractivity contribution in [3.63, 3.8) is 0 Å². The second-order valence-corrected chi connectivity index (χ2v) is 18.7. The van der Waals surface area contributed by atoms with Crippen LogP contribution in [0.4, 0.5) is 9.93 Å². The molecule has 8 atom stereocenters. The van der Waals surface area contributed by atoms with Crippen LogP contribution in [0.15, 0.2) is 24.3 Å². The predicted octanol–water partition coefficient (Wildman–Crippen LogP) is 6.50. The van der Waals surface area contributed by atoms with Crippen LogP contribution >= 0.6 is 22.9 Å². The number of likely N-dealkylation sites (tertiary alicyclic amines) is 1. The Balaban J connectivity index is 1.20. The SMILES string of the molecule is CCC1C[C@]1(NC(=O)[C@@H]1CC(Oc2cc(-c3nc(NC(C)C)sc3Cl)nc3cc(OC)ccc23)CN1C(=O)[C@@H](NC(=O)OC1C[C@@H]2C[C@@H]2C1)C(C)(C)C)C(=O)O. The summed E-state index contributed by atoms with van der Waals surface area (Å²) in [5.74, 6) is -0.205. The monoisotopic (exact) mass is 810 g/mol. The van der Waals surface area contributed by atoms with Gasteiger partial charge < -0.3 is 40.2 Å². The van der Waals surface area contributed by atoms with Crippen LogP contribution < -0.4 is 25.4 Å². The van der Waals surface area contributed by atoms with E-state index in [1.165, 1.54) is 22.7 Å². The molecule has 16 heteroatoms. The zero-order chi connectivity index (χ0) is 40.3. The molecule has 3 saturated carbocycles. The second-order valence-electron chi connectivity index (χ2n) is 17.1. The van der Waals surface area contributed by atoms with Gasteiger partial charge in [0.05, 0.1) is 24.9 Å². The van der Waals surface area contributed by atoms with Gasteiger partial charge in [0.15, 0.2) is 5.13 Å². The van der Waals surface area contributed by atoms with Crippen LogP contribution in [0.25, 0.3) is 22.3 Å². The highest BCUT2D eigenvalue weighted by Gasteiger charge is 2.61. The minimum atomic E-state index is -1.40. The number of ether oxygens (including phenoxy) is 3. The number of amides is 3. The lowest BCUT2D eigenvalue weighted by Crippen LogP contribution is -2.59. The molecule has 3 heterocycles. The van der Waals surface area contributed by atoms with Crippen molar-refractivity contribution in [1.29, 1.82) is 0 Å². The summed E-state index contributed by atoms with van der Waals surface area (Å²) in [4.78, 5) is 65.5. The van der Waals surface area contributed by atoms with Crippen molar-refractivity contribution in [3.8, 4) is 22.9 Å². The van der Waals surface area contributed by atoms with Gasteiger partial charge in [0.2, 0.25) is 11.8 Å². The molecule has 1 saturated heterocycles. The molecule has 4 fully saturated rings. The number of nitrogens with zero attached hydrogens (tertiary/aromatic N) is 3. The molecular weight excluding hydrogens is 760 g/mol. The molecule has 1 aromatic carbocycles. The smallest absolute Gasteiger partial charge is 0.408 e. The van der Waals surface area contributed by atoms with E-state index in [2.05, 4.69) is 16.0 Å². The van der Waals surface area contributed by atoms with Gasteiger partial charge in [-0.05, 0) is 74.8 Å². The number of thiazole rings is 1. The largest absolute Gasteiger partial charge is 0.497 e. The van der Waals surface area contributed by atoms with Crippen LogP contribution in [-0.2, 0) is 19.1 Å². The number of carbonyl (C=O) groups excluding carboxylic acids is 3. The van der Waals surface area contributed by atoms with E-state index in [4.69, 9.17) is 35.8 Å². The Hall–Kier alpha value is -4.37. The molecule has 14 nitrogen and oxygen atoms in total. The zero-order valence-electron chi connectivity index (χ0n) is 32.8. The number of hydrogen-bond donors (Lipinski definition) is 4. The number of nitrogens with one attached hydrogen (secondary N) is 3. The Morgan fingerprint density at radius 1 is 1.07 bits per heavy atom. The lowest BCUT2D eigenvalue weighted by Gasteiger charge is -2.35. The van der Waals surface area contributed by atoms with Crippen LogP contribution in [0.1, 0.15) is 80.1 Å². The van der Waals surface area contributed by atoms with E-state index >= 15 is 0 Å². The first-order valence-corrected chi connectivity index (χ1v) is 20.6. The fraction of sp³-hybridized carbons (Fsp3) is 0.600. The Morgan fingerprint density at radius 3 is 2.43 bits per heavy atom. The molecule has 3 aromatic rings. The normalized spacial score (nSPS) is 27.1. The number of carboxylic acid groups (broad SMARTS) is 1. The highest BCUT2D eigenvalue weighted by Crippen LogP contribution is 2.52. The van der Waals surface area contributed by atoms with Gasteiger partial charge >= 0.3 is 12.1 Å². The maximum Gasteiger partial charge on any atom is 0.408 e. The van der Waals surface area contributed by atoms with Gasteiger partial charge in [-0.2, -0.15) is 0 Å². The Morgan fingerprint density at radius 2 is 1.80 bits per heavy atom. The molecule has 3 amide bonds. The number of anilines is 1. The summed E-state index contributed by atoms with van der Waals surface area (Å²) in [7, 11) is 1.56. The summed E-state index contributed by atoms with van der Waals surface area (Å²) in [6, 6.07) is 5.12. The van der Waals surface area contributed by atoms with Crippen LogP contribution in [0.5, 0.6) is 11.5 Å². The third-order valence-corrected chi connectivity index (χ3v) is 12.7. The number of carboxylic acids is 1. The molecule has 4 N–H and O–H groups in total. The quantitative estimate of drug-likeness (QED) is 0.148. The summed E-state index contributed by atoms with van der Waals surface area (Å²) < 4.78 is 18.4. The van der Waals surface area contributed by atoms with E-state index in [1.54, 1.807) is 25.3 Å². The van der Waals surface area contributed by atoms with Crippen molar-refractivity contribution in [2.45, 2.75) is 116 Å². The van der Waals surface area contributed by atoms with E-state index in [1.807, 2.05) is 47.6 Å². The number of aromatic nitrogens is 2. The van der Waals surface area contributed by atoms with Crippen molar-refractivity contribution in [2.75, 3.05) is 19.0 Å². The van der Waals surface area contributed by atoms with E-state index in [9.17, 15) is 24.3 Å². The van der Waals surface area contributed by atoms with E-state index in [0.717, 1.165) is 12.8 Å². The zero-order valence-corrected chi connectivity index (χ0v) is 34.4. The number of methoxy groups -OCH3 is 1. The number of hydrogen-bond acceptors (Lipinski definition) is 11. The minimum absolute atomic E-state index is 0.0152. The van der Waals surface area contributed by atoms with E-state index < -0.39 is 53.0 Å². The molecule has 1 aliphatic heterocycles. The van der Waals surface area contributed by atoms with Crippen LogP contribution in [0, 0.1) is 23.2 Å². The maximum absolute atomic E-state index is 14.7. The number of carbonyl (C=O) groups is 4. The lowest BCUT2D eigenvalue weighted by molar-refractivity contribution is -0.146. The number of aliphatic carboxylic acids is 1. The van der Waals surface area contributed by atoms with E-state index in [-0.39, 0.29) is 31.0 Å². The van der Waals surface area contributed by atoms with Gasteiger partial charge in [0.25, 0.3) is 0 Å². The van der Waals surface area contributed by atoms with Crippen LogP contribution in [0.2, 0.25) is 4.34 Å². The molecule has 3 unspecified atom stereocenters. The highest BCUT2D eigenvalue weighted by atomic mass is 35.5. The van der Waals surface area contributed by atoms with Crippen molar-refractivity contribution < 1.29 is 38.5 Å². The summed E-state index contributed by atoms with van der Waals surface area (Å²) in [6.07, 6.45) is 2.19. The summed E-state index contributed by atoms with van der Waals surface area (Å²) >= 11 is 8.00. The number of halogens is 1. The number of fused-ring (bicyclic) bond motifs is 2. The van der Waals surface area contributed by atoms with Gasteiger partial charge in [-0.3, -0.25) is 9.59 Å². The summed E-state index contributed by atoms with van der Waals surface area (Å²) in [5, 5.41) is 20.4. The standard InChI is InChI=1S/C40H51ClN6O8S/c1-8-22-17-40(22,36(50)51)46-34(48)29-15-25(18-47(29)35(49)32(39(4,5)6)45-38(52)55-24-12-20-11-21(20)13-24)54-30-16-28(31-33(41)56-37(44-31)42-19(2)3)43-27-14-23(53-7)9-10-26(27)30/h9-10,14,16,19-22,24-25,29,32H,8,11-13,15,17-18H2,1-7H3,(H,42,44)(H,45,52)(H,46,48)(H,50,51)/t20-,21+,22?,24?,25?,29-,32+,40+/m0/s1. The maximum atomic E-state index is 14.7. The Bertz CT molecular complexity index is 2030. The fourth-order valence-electron chi connectivity index (χ4n) is 8.31. The number of pyridine rings is 1. The summed E-state index contributed by atoms with van der Waals surface area (Å²) in [6.45, 7) is 11.4. The van der Waals surface area contributed by atoms with Crippen LogP contribution in [-0.4, -0.2) is 93.4 Å². The third kappa shape index (κ3) is 8.07. The van der Waals surface area contributed by atoms with Crippen molar-refractivity contribution in [3.05, 3.63) is 28.6 Å². The number of alkyl carbamates (subject to hydrolysis) is 1. The number of rotatable bonds is 13. The van der Waals surface area contributed by atoms with Gasteiger partial charge in [-0.15, -0.1) is 0 Å². The Kier molecular flexibility index (Phi) is 10.8. The molecule has 0 spiro atoms. The van der Waals surface area contributed by atoms with Gasteiger partial charge in [0, 0.05) is 30.0 Å². The molecule has 302 valence electrons. The first-order chi connectivity index (χ1) is 26.5. The molecular formula is C40H51ClN6O8S. The topological polar surface area (TPSA) is 181 Å². The first-order valence-electron chi connectivity index (χ1n) is 19.4. The van der Waals surface area contributed by atoms with Crippen molar-refractivity contribution in [1.82, 2.24) is 25.5 Å². The molecule has 0 bridgehead atoms. The molecule has 3 aliphatic carbocycles. The molecule has 0 radical (unpaired) electrons. The molecule has 2 aromatic heterocycles.